The van der Waals surface area contributed by atoms with E-state index in [1.165, 1.54) is 64.2 Å². The SMILES string of the molecule is CCCC1CCC(C2CCC(COCF)CC2)CC1.FC=C(F)F. The highest BCUT2D eigenvalue weighted by Crippen LogP contribution is 2.42. The zero-order valence-electron chi connectivity index (χ0n) is 14.8. The van der Waals surface area contributed by atoms with Crippen molar-refractivity contribution in [3.8, 4) is 0 Å². The maximum absolute atomic E-state index is 12.0. The van der Waals surface area contributed by atoms with E-state index in [0.29, 0.717) is 12.5 Å². The summed E-state index contributed by atoms with van der Waals surface area (Å²) < 4.78 is 47.6. The van der Waals surface area contributed by atoms with Gasteiger partial charge in [0, 0.05) is 0 Å². The number of halogens is 4. The smallest absolute Gasteiger partial charge is 0.298 e. The van der Waals surface area contributed by atoms with Gasteiger partial charge in [0.25, 0.3) is 6.08 Å². The Morgan fingerprint density at radius 1 is 0.917 bits per heavy atom. The Hall–Kier alpha value is -0.580. The number of hydrogen-bond acceptors (Lipinski definition) is 1. The topological polar surface area (TPSA) is 9.23 Å². The van der Waals surface area contributed by atoms with Crippen molar-refractivity contribution in [1.29, 1.82) is 0 Å². The molecule has 0 radical (unpaired) electrons. The average molecular weight is 352 g/mol. The van der Waals surface area contributed by atoms with E-state index < -0.39 is 19.3 Å². The van der Waals surface area contributed by atoms with Crippen LogP contribution in [0, 0.1) is 23.7 Å². The van der Waals surface area contributed by atoms with Gasteiger partial charge in [-0.1, -0.05) is 32.6 Å². The summed E-state index contributed by atoms with van der Waals surface area (Å²) in [5, 5.41) is 0. The van der Waals surface area contributed by atoms with Crippen LogP contribution in [0.2, 0.25) is 0 Å². The Morgan fingerprint density at radius 2 is 1.38 bits per heavy atom. The highest BCUT2D eigenvalue weighted by Gasteiger charge is 2.30. The van der Waals surface area contributed by atoms with Gasteiger partial charge < -0.3 is 4.74 Å². The first kappa shape index (κ1) is 21.5. The van der Waals surface area contributed by atoms with Crippen molar-refractivity contribution >= 4 is 0 Å². The lowest BCUT2D eigenvalue weighted by Crippen LogP contribution is -2.27. The molecule has 142 valence electrons. The molecule has 0 unspecified atom stereocenters. The van der Waals surface area contributed by atoms with Gasteiger partial charge in [-0.2, -0.15) is 8.78 Å². The Bertz CT molecular complexity index is 328. The second-order valence-electron chi connectivity index (χ2n) is 7.23. The molecule has 2 aliphatic rings. The molecule has 2 rings (SSSR count). The number of hydrogen-bond donors (Lipinski definition) is 0. The minimum Gasteiger partial charge on any atom is -0.350 e. The first-order valence-corrected chi connectivity index (χ1v) is 9.35. The molecule has 0 spiro atoms. The third-order valence-corrected chi connectivity index (χ3v) is 5.66. The minimum absolute atomic E-state index is 0.610. The lowest BCUT2D eigenvalue weighted by Gasteiger charge is -2.37. The van der Waals surface area contributed by atoms with E-state index in [0.717, 1.165) is 17.8 Å². The summed E-state index contributed by atoms with van der Waals surface area (Å²) in [5.74, 6) is 3.61. The second-order valence-corrected chi connectivity index (χ2v) is 7.23. The zero-order valence-corrected chi connectivity index (χ0v) is 14.8. The van der Waals surface area contributed by atoms with E-state index in [2.05, 4.69) is 6.92 Å². The zero-order chi connectivity index (χ0) is 17.8. The van der Waals surface area contributed by atoms with E-state index in [1.54, 1.807) is 0 Å². The molecule has 0 bridgehead atoms. The van der Waals surface area contributed by atoms with Crippen molar-refractivity contribution < 1.29 is 22.3 Å². The fraction of sp³-hybridized carbons (Fsp3) is 0.895. The van der Waals surface area contributed by atoms with Crippen LogP contribution in [-0.4, -0.2) is 13.5 Å². The molecule has 0 aromatic carbocycles. The molecular formula is C19H32F4O. The summed E-state index contributed by atoms with van der Waals surface area (Å²) in [6, 6.07) is 0. The lowest BCUT2D eigenvalue weighted by atomic mass is 9.69. The van der Waals surface area contributed by atoms with Crippen LogP contribution in [0.25, 0.3) is 0 Å². The summed E-state index contributed by atoms with van der Waals surface area (Å²) in [7, 11) is 0. The van der Waals surface area contributed by atoms with Crippen LogP contribution in [0.5, 0.6) is 0 Å². The molecular weight excluding hydrogens is 320 g/mol. The number of alkyl halides is 1. The normalized spacial score (nSPS) is 30.2. The van der Waals surface area contributed by atoms with Crippen LogP contribution in [0.3, 0.4) is 0 Å². The van der Waals surface area contributed by atoms with Gasteiger partial charge in [0.05, 0.1) is 6.61 Å². The summed E-state index contributed by atoms with van der Waals surface area (Å²) in [5.41, 5.74) is 0. The van der Waals surface area contributed by atoms with Crippen LogP contribution in [0.15, 0.2) is 12.4 Å². The Kier molecular flexibility index (Phi) is 11.4. The van der Waals surface area contributed by atoms with Crippen molar-refractivity contribution in [2.24, 2.45) is 23.7 Å². The van der Waals surface area contributed by atoms with E-state index in [1.807, 2.05) is 0 Å². The summed E-state index contributed by atoms with van der Waals surface area (Å²) >= 11 is 0. The molecule has 0 N–H and O–H groups in total. The van der Waals surface area contributed by atoms with E-state index in [9.17, 15) is 17.6 Å². The van der Waals surface area contributed by atoms with Gasteiger partial charge in [0.1, 0.15) is 0 Å². The van der Waals surface area contributed by atoms with Gasteiger partial charge in [-0.05, 0) is 62.2 Å². The molecule has 0 atom stereocenters. The Balaban J connectivity index is 0.000000505. The summed E-state index contributed by atoms with van der Waals surface area (Å²) in [6.45, 7) is 2.35. The standard InChI is InChI=1S/C17H31FO.C2HF3/c1-2-3-14-4-8-16(9-5-14)17-10-6-15(7-11-17)12-19-13-18;3-1-2(4)5/h14-17H,2-13H2,1H3;1H. The summed E-state index contributed by atoms with van der Waals surface area (Å²) in [4.78, 5) is 0. The largest absolute Gasteiger partial charge is 0.350 e. The molecule has 0 aromatic heterocycles. The van der Waals surface area contributed by atoms with Crippen molar-refractivity contribution in [3.63, 3.8) is 0 Å². The first-order valence-electron chi connectivity index (χ1n) is 9.35. The molecule has 0 saturated heterocycles. The second kappa shape index (κ2) is 12.7. The third-order valence-electron chi connectivity index (χ3n) is 5.66. The number of rotatable bonds is 6. The van der Waals surface area contributed by atoms with Crippen molar-refractivity contribution in [3.05, 3.63) is 12.4 Å². The quantitative estimate of drug-likeness (QED) is 0.466. The van der Waals surface area contributed by atoms with Gasteiger partial charge in [-0.25, -0.2) is 8.78 Å². The monoisotopic (exact) mass is 352 g/mol. The minimum atomic E-state index is -2.29. The third kappa shape index (κ3) is 8.50. The van der Waals surface area contributed by atoms with Crippen LogP contribution < -0.4 is 0 Å². The highest BCUT2D eigenvalue weighted by molar-refractivity contribution is 4.81. The van der Waals surface area contributed by atoms with Gasteiger partial charge in [-0.3, -0.25) is 0 Å². The molecule has 0 amide bonds. The predicted molar refractivity (Wildman–Crippen MR) is 89.1 cm³/mol. The number of ether oxygens (including phenoxy) is 1. The maximum atomic E-state index is 12.0. The maximum Gasteiger partial charge on any atom is 0.298 e. The summed E-state index contributed by atoms with van der Waals surface area (Å²) in [6.07, 6.45) is 10.9. The first-order chi connectivity index (χ1) is 11.6. The van der Waals surface area contributed by atoms with Crippen molar-refractivity contribution in [1.82, 2.24) is 0 Å². The van der Waals surface area contributed by atoms with Crippen LogP contribution >= 0.6 is 0 Å². The molecule has 2 aliphatic carbocycles. The predicted octanol–water partition coefficient (Wildman–Crippen LogP) is 7.04. The molecule has 0 heterocycles. The molecule has 2 saturated carbocycles. The van der Waals surface area contributed by atoms with Crippen LogP contribution in [0.1, 0.15) is 71.1 Å². The van der Waals surface area contributed by atoms with E-state index in [4.69, 9.17) is 4.74 Å². The molecule has 0 aliphatic heterocycles. The Morgan fingerprint density at radius 3 is 1.75 bits per heavy atom. The highest BCUT2D eigenvalue weighted by atomic mass is 19.3. The lowest BCUT2D eigenvalue weighted by molar-refractivity contribution is 0.0179. The van der Waals surface area contributed by atoms with Gasteiger partial charge >= 0.3 is 0 Å². The average Bonchev–Trinajstić information content (AvgIpc) is 2.62. The fourth-order valence-corrected chi connectivity index (χ4v) is 4.39. The molecule has 1 nitrogen and oxygen atoms in total. The van der Waals surface area contributed by atoms with Crippen LogP contribution in [0.4, 0.5) is 17.6 Å². The molecule has 24 heavy (non-hydrogen) atoms. The van der Waals surface area contributed by atoms with Crippen molar-refractivity contribution in [2.75, 3.05) is 13.5 Å². The van der Waals surface area contributed by atoms with Gasteiger partial charge in [0.2, 0.25) is 0 Å². The van der Waals surface area contributed by atoms with Crippen LogP contribution in [-0.2, 0) is 4.74 Å². The molecule has 0 aromatic rings. The van der Waals surface area contributed by atoms with Crippen molar-refractivity contribution in [2.45, 2.75) is 71.1 Å². The van der Waals surface area contributed by atoms with Gasteiger partial charge in [0.15, 0.2) is 13.2 Å². The van der Waals surface area contributed by atoms with E-state index in [-0.39, 0.29) is 0 Å². The fourth-order valence-electron chi connectivity index (χ4n) is 4.39. The van der Waals surface area contributed by atoms with E-state index >= 15 is 0 Å². The Labute approximate surface area is 143 Å². The molecule has 5 heteroatoms. The molecule has 2 fully saturated rings. The van der Waals surface area contributed by atoms with Gasteiger partial charge in [-0.15, -0.1) is 0 Å².